The molecule has 2 unspecified atom stereocenters. The number of alkyl carbamates (subject to hydrolysis) is 1. The molecule has 134 valence electrons. The number of nitrogens with one attached hydrogen (secondary N) is 2. The van der Waals surface area contributed by atoms with Crippen LogP contribution in [0.4, 0.5) is 4.79 Å². The second-order valence-electron chi connectivity index (χ2n) is 7.35. The van der Waals surface area contributed by atoms with Gasteiger partial charge in [0.15, 0.2) is 0 Å². The van der Waals surface area contributed by atoms with Gasteiger partial charge in [-0.05, 0) is 46.0 Å². The maximum absolute atomic E-state index is 11.9. The van der Waals surface area contributed by atoms with Crippen molar-refractivity contribution in [1.29, 1.82) is 0 Å². The second kappa shape index (κ2) is 9.11. The van der Waals surface area contributed by atoms with Crippen LogP contribution in [0.3, 0.4) is 0 Å². The first-order chi connectivity index (χ1) is 10.7. The van der Waals surface area contributed by atoms with Gasteiger partial charge in [0.25, 0.3) is 0 Å². The van der Waals surface area contributed by atoms with Gasteiger partial charge in [0.1, 0.15) is 11.6 Å². The summed E-state index contributed by atoms with van der Waals surface area (Å²) in [5.41, 5.74) is -0.537. The molecule has 23 heavy (non-hydrogen) atoms. The molecule has 0 bridgehead atoms. The summed E-state index contributed by atoms with van der Waals surface area (Å²) in [5, 5.41) is 15.3. The van der Waals surface area contributed by atoms with Gasteiger partial charge in [-0.1, -0.05) is 26.2 Å². The second-order valence-corrected chi connectivity index (χ2v) is 7.35. The standard InChI is InChI=1S/C17H32N2O4/c1-5-13(15(20)21)19-14(12-9-7-6-8-10-12)11-18-16(22)23-17(2,3)4/h12-14,19H,5-11H2,1-4H3,(H,18,22)(H,20,21). The third kappa shape index (κ3) is 7.68. The smallest absolute Gasteiger partial charge is 0.407 e. The molecule has 0 heterocycles. The molecule has 0 aliphatic heterocycles. The fraction of sp³-hybridized carbons (Fsp3) is 0.882. The van der Waals surface area contributed by atoms with Gasteiger partial charge >= 0.3 is 12.1 Å². The van der Waals surface area contributed by atoms with E-state index in [1.165, 1.54) is 19.3 Å². The lowest BCUT2D eigenvalue weighted by atomic mass is 9.83. The molecule has 1 aliphatic carbocycles. The van der Waals surface area contributed by atoms with E-state index in [4.69, 9.17) is 4.74 Å². The van der Waals surface area contributed by atoms with Crippen molar-refractivity contribution in [2.45, 2.75) is 83.9 Å². The molecule has 1 fully saturated rings. The Balaban J connectivity index is 2.63. The number of ether oxygens (including phenoxy) is 1. The van der Waals surface area contributed by atoms with Crippen molar-refractivity contribution in [2.24, 2.45) is 5.92 Å². The number of amides is 1. The summed E-state index contributed by atoms with van der Waals surface area (Å²) < 4.78 is 5.26. The number of hydrogen-bond acceptors (Lipinski definition) is 4. The van der Waals surface area contributed by atoms with Crippen LogP contribution in [0.1, 0.15) is 66.2 Å². The first kappa shape index (κ1) is 19.7. The van der Waals surface area contributed by atoms with Crippen LogP contribution in [0.25, 0.3) is 0 Å². The van der Waals surface area contributed by atoms with Gasteiger partial charge < -0.3 is 15.2 Å². The molecule has 6 heteroatoms. The van der Waals surface area contributed by atoms with E-state index in [1.54, 1.807) is 0 Å². The zero-order valence-corrected chi connectivity index (χ0v) is 14.9. The minimum Gasteiger partial charge on any atom is -0.480 e. The molecule has 1 rings (SSSR count). The highest BCUT2D eigenvalue weighted by Crippen LogP contribution is 2.26. The Hall–Kier alpha value is -1.30. The lowest BCUT2D eigenvalue weighted by Crippen LogP contribution is -2.52. The highest BCUT2D eigenvalue weighted by molar-refractivity contribution is 5.73. The Morgan fingerprint density at radius 2 is 1.83 bits per heavy atom. The number of carboxylic acid groups (broad SMARTS) is 1. The number of carbonyl (C=O) groups excluding carboxylic acids is 1. The topological polar surface area (TPSA) is 87.7 Å². The summed E-state index contributed by atoms with van der Waals surface area (Å²) >= 11 is 0. The van der Waals surface area contributed by atoms with Gasteiger partial charge in [-0.2, -0.15) is 0 Å². The van der Waals surface area contributed by atoms with Crippen LogP contribution in [0, 0.1) is 5.92 Å². The molecule has 0 aromatic heterocycles. The lowest BCUT2D eigenvalue weighted by molar-refractivity contribution is -0.139. The van der Waals surface area contributed by atoms with Gasteiger partial charge in [-0.15, -0.1) is 0 Å². The number of rotatable bonds is 7. The van der Waals surface area contributed by atoms with Crippen molar-refractivity contribution < 1.29 is 19.4 Å². The first-order valence-electron chi connectivity index (χ1n) is 8.68. The number of carboxylic acids is 1. The van der Waals surface area contributed by atoms with Gasteiger partial charge in [0.2, 0.25) is 0 Å². The van der Waals surface area contributed by atoms with E-state index in [1.807, 2.05) is 27.7 Å². The Morgan fingerprint density at radius 3 is 2.30 bits per heavy atom. The minimum atomic E-state index is -0.842. The highest BCUT2D eigenvalue weighted by Gasteiger charge is 2.28. The molecule has 0 saturated heterocycles. The summed E-state index contributed by atoms with van der Waals surface area (Å²) in [6, 6.07) is -0.619. The molecule has 2 atom stereocenters. The van der Waals surface area contributed by atoms with Crippen LogP contribution < -0.4 is 10.6 Å². The molecule has 0 radical (unpaired) electrons. The molecule has 0 aromatic rings. The quantitative estimate of drug-likeness (QED) is 0.669. The van der Waals surface area contributed by atoms with Crippen molar-refractivity contribution in [1.82, 2.24) is 10.6 Å². The van der Waals surface area contributed by atoms with Crippen LogP contribution in [-0.4, -0.2) is 41.4 Å². The molecule has 0 aromatic carbocycles. The van der Waals surface area contributed by atoms with Gasteiger partial charge in [-0.25, -0.2) is 4.79 Å². The molecular weight excluding hydrogens is 296 g/mol. The SMILES string of the molecule is CCC(NC(CNC(=O)OC(C)(C)C)C1CCCCC1)C(=O)O. The van der Waals surface area contributed by atoms with Crippen LogP contribution in [-0.2, 0) is 9.53 Å². The Kier molecular flexibility index (Phi) is 7.82. The predicted molar refractivity (Wildman–Crippen MR) is 89.5 cm³/mol. The lowest BCUT2D eigenvalue weighted by Gasteiger charge is -2.33. The van der Waals surface area contributed by atoms with Gasteiger partial charge in [0.05, 0.1) is 0 Å². The average molecular weight is 328 g/mol. The van der Waals surface area contributed by atoms with Crippen molar-refractivity contribution in [3.8, 4) is 0 Å². The third-order valence-corrected chi connectivity index (χ3v) is 4.21. The largest absolute Gasteiger partial charge is 0.480 e. The van der Waals surface area contributed by atoms with E-state index in [9.17, 15) is 14.7 Å². The monoisotopic (exact) mass is 328 g/mol. The third-order valence-electron chi connectivity index (χ3n) is 4.21. The van der Waals surface area contributed by atoms with Crippen LogP contribution >= 0.6 is 0 Å². The van der Waals surface area contributed by atoms with Crippen LogP contribution in [0.2, 0.25) is 0 Å². The molecule has 1 saturated carbocycles. The van der Waals surface area contributed by atoms with Gasteiger partial charge in [-0.3, -0.25) is 10.1 Å². The predicted octanol–water partition coefficient (Wildman–Crippen LogP) is 2.91. The number of aliphatic carboxylic acids is 1. The molecule has 3 N–H and O–H groups in total. The Labute approximate surface area is 139 Å². The zero-order chi connectivity index (χ0) is 17.5. The minimum absolute atomic E-state index is 0.0381. The summed E-state index contributed by atoms with van der Waals surface area (Å²) in [5.74, 6) is -0.447. The van der Waals surface area contributed by atoms with Gasteiger partial charge in [0, 0.05) is 12.6 Å². The first-order valence-corrected chi connectivity index (χ1v) is 8.68. The maximum atomic E-state index is 11.9. The maximum Gasteiger partial charge on any atom is 0.407 e. The van der Waals surface area contributed by atoms with Crippen molar-refractivity contribution in [3.63, 3.8) is 0 Å². The summed E-state index contributed by atoms with van der Waals surface area (Å²) in [6.07, 6.45) is 5.78. The summed E-state index contributed by atoms with van der Waals surface area (Å²) in [4.78, 5) is 23.2. The highest BCUT2D eigenvalue weighted by atomic mass is 16.6. The Morgan fingerprint density at radius 1 is 1.22 bits per heavy atom. The zero-order valence-electron chi connectivity index (χ0n) is 14.9. The molecule has 0 spiro atoms. The molecule has 1 amide bonds. The number of carbonyl (C=O) groups is 2. The normalized spacial score (nSPS) is 19.0. The summed E-state index contributed by atoms with van der Waals surface area (Å²) in [7, 11) is 0. The van der Waals surface area contributed by atoms with E-state index in [0.717, 1.165) is 12.8 Å². The molecule has 6 nitrogen and oxygen atoms in total. The average Bonchev–Trinajstić information content (AvgIpc) is 2.46. The number of hydrogen-bond donors (Lipinski definition) is 3. The molecule has 1 aliphatic rings. The van der Waals surface area contributed by atoms with E-state index >= 15 is 0 Å². The van der Waals surface area contributed by atoms with Crippen molar-refractivity contribution in [3.05, 3.63) is 0 Å². The van der Waals surface area contributed by atoms with Crippen LogP contribution in [0.15, 0.2) is 0 Å². The Bertz CT molecular complexity index is 387. The molecular formula is C17H32N2O4. The van der Waals surface area contributed by atoms with E-state index < -0.39 is 23.7 Å². The van der Waals surface area contributed by atoms with E-state index in [0.29, 0.717) is 18.9 Å². The van der Waals surface area contributed by atoms with Crippen LogP contribution in [0.5, 0.6) is 0 Å². The fourth-order valence-electron chi connectivity index (χ4n) is 3.03. The van der Waals surface area contributed by atoms with E-state index in [-0.39, 0.29) is 6.04 Å². The van der Waals surface area contributed by atoms with Crippen molar-refractivity contribution in [2.75, 3.05) is 6.54 Å². The van der Waals surface area contributed by atoms with Crippen molar-refractivity contribution >= 4 is 12.1 Å². The fourth-order valence-corrected chi connectivity index (χ4v) is 3.03. The van der Waals surface area contributed by atoms with E-state index in [2.05, 4.69) is 10.6 Å². The summed E-state index contributed by atoms with van der Waals surface area (Å²) in [6.45, 7) is 7.71.